The number of nitrogens with zero attached hydrogens (tertiary/aromatic N) is 1. The highest BCUT2D eigenvalue weighted by Gasteiger charge is 2.10. The third kappa shape index (κ3) is 5.20. The molecule has 0 radical (unpaired) electrons. The fourth-order valence-corrected chi connectivity index (χ4v) is 3.06. The van der Waals surface area contributed by atoms with Crippen LogP contribution in [-0.2, 0) is 19.5 Å². The van der Waals surface area contributed by atoms with E-state index in [2.05, 4.69) is 77.7 Å². The van der Waals surface area contributed by atoms with Crippen molar-refractivity contribution in [2.24, 2.45) is 0 Å². The van der Waals surface area contributed by atoms with Crippen LogP contribution >= 0.6 is 0 Å². The molecule has 0 unspecified atom stereocenters. The number of hydrogen-bond donors (Lipinski definition) is 0. The van der Waals surface area contributed by atoms with E-state index in [0.717, 1.165) is 31.8 Å². The second-order valence-corrected chi connectivity index (χ2v) is 6.24. The highest BCUT2D eigenvalue weighted by atomic mass is 16.5. The lowest BCUT2D eigenvalue weighted by molar-refractivity contribution is 0.255. The normalized spacial score (nSPS) is 10.8. The Morgan fingerprint density at radius 2 is 1.28 bits per heavy atom. The summed E-state index contributed by atoms with van der Waals surface area (Å²) in [7, 11) is 1.74. The summed E-state index contributed by atoms with van der Waals surface area (Å²) in [4.78, 5) is 2.49. The maximum atomic E-state index is 5.53. The smallest absolute Gasteiger partial charge is 0.123 e. The standard InChI is InChI=1S/C23H25NO/c1-25-23-15-9-8-14-22(23)19-24(18-21-12-6-3-7-13-21)17-16-20-10-4-2-5-11-20/h2-15H,16-19H2,1H3. The lowest BCUT2D eigenvalue weighted by atomic mass is 10.1. The van der Waals surface area contributed by atoms with Gasteiger partial charge in [-0.2, -0.15) is 0 Å². The first kappa shape index (κ1) is 17.2. The molecule has 0 aliphatic heterocycles. The molecule has 0 N–H and O–H groups in total. The van der Waals surface area contributed by atoms with E-state index in [4.69, 9.17) is 4.74 Å². The molecule has 0 aliphatic carbocycles. The summed E-state index contributed by atoms with van der Waals surface area (Å²) in [6, 6.07) is 29.6. The largest absolute Gasteiger partial charge is 0.496 e. The highest BCUT2D eigenvalue weighted by molar-refractivity contribution is 5.33. The number of rotatable bonds is 8. The minimum absolute atomic E-state index is 0.881. The van der Waals surface area contributed by atoms with E-state index >= 15 is 0 Å². The Kier molecular flexibility index (Phi) is 6.24. The molecule has 0 aliphatic rings. The Bertz CT molecular complexity index is 755. The molecule has 0 heterocycles. The first-order valence-corrected chi connectivity index (χ1v) is 8.77. The minimum atomic E-state index is 0.881. The molecule has 2 heteroatoms. The summed E-state index contributed by atoms with van der Waals surface area (Å²) in [6.45, 7) is 2.83. The Hall–Kier alpha value is -2.58. The molecule has 0 bridgehead atoms. The van der Waals surface area contributed by atoms with Gasteiger partial charge in [0.25, 0.3) is 0 Å². The molecule has 3 aromatic rings. The average Bonchev–Trinajstić information content (AvgIpc) is 2.68. The van der Waals surface area contributed by atoms with Gasteiger partial charge in [-0.3, -0.25) is 4.90 Å². The number of methoxy groups -OCH3 is 1. The number of benzene rings is 3. The van der Waals surface area contributed by atoms with Gasteiger partial charge in [-0.05, 0) is 23.6 Å². The Morgan fingerprint density at radius 3 is 1.96 bits per heavy atom. The third-order valence-electron chi connectivity index (χ3n) is 4.40. The maximum Gasteiger partial charge on any atom is 0.123 e. The Balaban J connectivity index is 1.73. The molecule has 0 atom stereocenters. The Morgan fingerprint density at radius 1 is 0.680 bits per heavy atom. The van der Waals surface area contributed by atoms with Crippen molar-refractivity contribution in [2.75, 3.05) is 13.7 Å². The lowest BCUT2D eigenvalue weighted by Gasteiger charge is -2.23. The fraction of sp³-hybridized carbons (Fsp3) is 0.217. The molecule has 0 spiro atoms. The zero-order valence-electron chi connectivity index (χ0n) is 14.8. The van der Waals surface area contributed by atoms with Gasteiger partial charge in [0.05, 0.1) is 7.11 Å². The molecular weight excluding hydrogens is 306 g/mol. The van der Waals surface area contributed by atoms with Gasteiger partial charge in [0.2, 0.25) is 0 Å². The van der Waals surface area contributed by atoms with Gasteiger partial charge >= 0.3 is 0 Å². The van der Waals surface area contributed by atoms with Gasteiger partial charge in [-0.25, -0.2) is 0 Å². The molecule has 25 heavy (non-hydrogen) atoms. The summed E-state index contributed by atoms with van der Waals surface area (Å²) in [5.74, 6) is 0.959. The zero-order valence-corrected chi connectivity index (χ0v) is 14.8. The van der Waals surface area contributed by atoms with Crippen LogP contribution in [0.1, 0.15) is 16.7 Å². The van der Waals surface area contributed by atoms with Crippen molar-refractivity contribution in [1.29, 1.82) is 0 Å². The van der Waals surface area contributed by atoms with Crippen molar-refractivity contribution in [1.82, 2.24) is 4.90 Å². The van der Waals surface area contributed by atoms with Gasteiger partial charge in [-0.15, -0.1) is 0 Å². The second-order valence-electron chi connectivity index (χ2n) is 6.24. The third-order valence-corrected chi connectivity index (χ3v) is 4.40. The van der Waals surface area contributed by atoms with E-state index < -0.39 is 0 Å². The summed E-state index contributed by atoms with van der Waals surface area (Å²) >= 11 is 0. The predicted molar refractivity (Wildman–Crippen MR) is 104 cm³/mol. The van der Waals surface area contributed by atoms with E-state index in [-0.39, 0.29) is 0 Å². The first-order chi connectivity index (χ1) is 12.3. The molecule has 128 valence electrons. The van der Waals surface area contributed by atoms with Gasteiger partial charge in [0.15, 0.2) is 0 Å². The monoisotopic (exact) mass is 331 g/mol. The zero-order chi connectivity index (χ0) is 17.3. The molecule has 0 amide bonds. The first-order valence-electron chi connectivity index (χ1n) is 8.77. The van der Waals surface area contributed by atoms with Crippen molar-refractivity contribution in [3.8, 4) is 5.75 Å². The predicted octanol–water partition coefficient (Wildman–Crippen LogP) is 4.94. The molecule has 2 nitrogen and oxygen atoms in total. The van der Waals surface area contributed by atoms with Gasteiger partial charge in [0.1, 0.15) is 5.75 Å². The highest BCUT2D eigenvalue weighted by Crippen LogP contribution is 2.20. The molecule has 0 fully saturated rings. The SMILES string of the molecule is COc1ccccc1CN(CCc1ccccc1)Cc1ccccc1. The lowest BCUT2D eigenvalue weighted by Crippen LogP contribution is -2.25. The summed E-state index contributed by atoms with van der Waals surface area (Å²) in [5.41, 5.74) is 3.94. The fourth-order valence-electron chi connectivity index (χ4n) is 3.06. The van der Waals surface area contributed by atoms with Crippen molar-refractivity contribution in [3.05, 3.63) is 102 Å². The van der Waals surface area contributed by atoms with Crippen LogP contribution in [0.5, 0.6) is 5.75 Å². The Labute approximate surface area is 150 Å². The summed E-state index contributed by atoms with van der Waals surface area (Å²) in [6.07, 6.45) is 1.04. The van der Waals surface area contributed by atoms with Crippen LogP contribution in [0.15, 0.2) is 84.9 Å². The number of para-hydroxylation sites is 1. The number of hydrogen-bond acceptors (Lipinski definition) is 2. The average molecular weight is 331 g/mol. The summed E-state index contributed by atoms with van der Waals surface area (Å²) in [5, 5.41) is 0. The van der Waals surface area contributed by atoms with E-state index in [0.29, 0.717) is 0 Å². The second kappa shape index (κ2) is 9.05. The van der Waals surface area contributed by atoms with Crippen molar-refractivity contribution < 1.29 is 4.74 Å². The van der Waals surface area contributed by atoms with E-state index in [9.17, 15) is 0 Å². The van der Waals surface area contributed by atoms with Crippen LogP contribution in [-0.4, -0.2) is 18.6 Å². The van der Waals surface area contributed by atoms with Crippen LogP contribution in [0, 0.1) is 0 Å². The molecular formula is C23H25NO. The minimum Gasteiger partial charge on any atom is -0.496 e. The van der Waals surface area contributed by atoms with Crippen LogP contribution in [0.2, 0.25) is 0 Å². The molecule has 3 aromatic carbocycles. The quantitative estimate of drug-likeness (QED) is 0.580. The number of ether oxygens (including phenoxy) is 1. The van der Waals surface area contributed by atoms with Gasteiger partial charge < -0.3 is 4.74 Å². The van der Waals surface area contributed by atoms with E-state index in [1.807, 2.05) is 12.1 Å². The van der Waals surface area contributed by atoms with Crippen molar-refractivity contribution >= 4 is 0 Å². The van der Waals surface area contributed by atoms with Crippen molar-refractivity contribution in [2.45, 2.75) is 19.5 Å². The maximum absolute atomic E-state index is 5.53. The van der Waals surface area contributed by atoms with Gasteiger partial charge in [0, 0.05) is 25.2 Å². The topological polar surface area (TPSA) is 12.5 Å². The van der Waals surface area contributed by atoms with E-state index in [1.54, 1.807) is 7.11 Å². The summed E-state index contributed by atoms with van der Waals surface area (Å²) < 4.78 is 5.53. The molecule has 3 rings (SSSR count). The van der Waals surface area contributed by atoms with E-state index in [1.165, 1.54) is 16.7 Å². The van der Waals surface area contributed by atoms with Crippen LogP contribution in [0.25, 0.3) is 0 Å². The van der Waals surface area contributed by atoms with Crippen LogP contribution in [0.4, 0.5) is 0 Å². The molecule has 0 aromatic heterocycles. The van der Waals surface area contributed by atoms with Crippen LogP contribution in [0.3, 0.4) is 0 Å². The molecule has 0 saturated heterocycles. The van der Waals surface area contributed by atoms with Crippen LogP contribution < -0.4 is 4.74 Å². The van der Waals surface area contributed by atoms with Crippen molar-refractivity contribution in [3.63, 3.8) is 0 Å². The van der Waals surface area contributed by atoms with Gasteiger partial charge in [-0.1, -0.05) is 78.9 Å². The molecule has 0 saturated carbocycles.